The Hall–Kier alpha value is -3.82. The summed E-state index contributed by atoms with van der Waals surface area (Å²) in [5.74, 6) is -2.58. The summed E-state index contributed by atoms with van der Waals surface area (Å²) in [7, 11) is 0. The molecule has 1 aromatic heterocycles. The molecule has 4 rings (SSSR count). The molecule has 0 saturated heterocycles. The predicted octanol–water partition coefficient (Wildman–Crippen LogP) is 5.39. The Balaban J connectivity index is 1.52. The summed E-state index contributed by atoms with van der Waals surface area (Å²) in [5.41, 5.74) is 2.54. The second-order valence-electron chi connectivity index (χ2n) is 8.66. The number of hydrogen-bond donors (Lipinski definition) is 3. The molecule has 38 heavy (non-hydrogen) atoms. The largest absolute Gasteiger partial charge is 0.480 e. The van der Waals surface area contributed by atoms with Crippen LogP contribution in [0, 0.1) is 5.92 Å². The summed E-state index contributed by atoms with van der Waals surface area (Å²) in [6.45, 7) is 1.60. The Morgan fingerprint density at radius 2 is 1.34 bits per heavy atom. The Bertz CT molecular complexity index is 1390. The van der Waals surface area contributed by atoms with Crippen LogP contribution in [0.2, 0.25) is 0 Å². The lowest BCUT2D eigenvalue weighted by Crippen LogP contribution is -2.46. The van der Waals surface area contributed by atoms with E-state index in [9.17, 15) is 24.3 Å². The molecule has 1 heterocycles. The van der Waals surface area contributed by atoms with Gasteiger partial charge in [0.2, 0.25) is 16.1 Å². The summed E-state index contributed by atoms with van der Waals surface area (Å²) in [6, 6.07) is 23.6. The normalized spacial score (nSPS) is 12.7. The number of aromatic nitrogens is 1. The fraction of sp³-hybridized carbons (Fsp3) is 0.172. The van der Waals surface area contributed by atoms with Crippen molar-refractivity contribution >= 4 is 56.5 Å². The molecule has 0 aliphatic carbocycles. The average molecular weight is 547 g/mol. The minimum atomic E-state index is -1.19. The zero-order valence-electron chi connectivity index (χ0n) is 20.5. The molecule has 0 saturated carbocycles. The number of carbonyl (C=O) groups is 4. The van der Waals surface area contributed by atoms with Crippen LogP contribution in [0.15, 0.2) is 91.1 Å². The fourth-order valence-corrected chi connectivity index (χ4v) is 6.21. The zero-order valence-corrected chi connectivity index (χ0v) is 22.1. The molecule has 9 heteroatoms. The second kappa shape index (κ2) is 12.6. The summed E-state index contributed by atoms with van der Waals surface area (Å²) >= 11 is 1.78. The molecule has 0 aliphatic rings. The SMILES string of the molecule is CC(C(=O)N[C@@H](Cc1c[nH]c2ccccc12)C(=O)O)C(SC(=O)c1ccccc1)SC(=O)c1ccccc1. The van der Waals surface area contributed by atoms with E-state index in [1.807, 2.05) is 24.3 Å². The van der Waals surface area contributed by atoms with E-state index in [2.05, 4.69) is 10.3 Å². The molecular formula is C29H26N2O5S2. The van der Waals surface area contributed by atoms with Gasteiger partial charge in [0.05, 0.1) is 10.5 Å². The van der Waals surface area contributed by atoms with Gasteiger partial charge < -0.3 is 15.4 Å². The number of aromatic amines is 1. The van der Waals surface area contributed by atoms with Crippen molar-refractivity contribution in [3.8, 4) is 0 Å². The standard InChI is InChI=1S/C29H26N2O5S2/c1-18(25(32)31-24(26(33)34)16-21-17-30-23-15-9-8-14-22(21)23)29(37-27(35)19-10-4-2-5-11-19)38-28(36)20-12-6-3-7-13-20/h2-15,17-18,24,29-30H,16H2,1H3,(H,31,32)(H,33,34)/t18?,24-/m0/s1. The Kier molecular flexibility index (Phi) is 9.04. The van der Waals surface area contributed by atoms with Gasteiger partial charge in [-0.15, -0.1) is 0 Å². The van der Waals surface area contributed by atoms with E-state index in [4.69, 9.17) is 0 Å². The monoisotopic (exact) mass is 546 g/mol. The number of para-hydroxylation sites is 1. The van der Waals surface area contributed by atoms with Gasteiger partial charge in [0, 0.05) is 34.6 Å². The Morgan fingerprint density at radius 1 is 0.816 bits per heavy atom. The number of rotatable bonds is 10. The predicted molar refractivity (Wildman–Crippen MR) is 151 cm³/mol. The smallest absolute Gasteiger partial charge is 0.326 e. The number of hydrogen-bond acceptors (Lipinski definition) is 6. The third kappa shape index (κ3) is 6.73. The maximum absolute atomic E-state index is 13.3. The lowest BCUT2D eigenvalue weighted by atomic mass is 10.0. The first-order chi connectivity index (χ1) is 18.3. The topological polar surface area (TPSA) is 116 Å². The molecular weight excluding hydrogens is 520 g/mol. The summed E-state index contributed by atoms with van der Waals surface area (Å²) in [6.07, 6.45) is 1.82. The lowest BCUT2D eigenvalue weighted by molar-refractivity contribution is -0.142. The van der Waals surface area contributed by atoms with Crippen LogP contribution in [0.5, 0.6) is 0 Å². The molecule has 7 nitrogen and oxygen atoms in total. The van der Waals surface area contributed by atoms with E-state index < -0.39 is 28.4 Å². The number of benzene rings is 3. The van der Waals surface area contributed by atoms with Crippen molar-refractivity contribution in [2.45, 2.75) is 24.0 Å². The van der Waals surface area contributed by atoms with Crippen LogP contribution >= 0.6 is 23.5 Å². The molecule has 194 valence electrons. The maximum atomic E-state index is 13.3. The van der Waals surface area contributed by atoms with Gasteiger partial charge in [-0.25, -0.2) is 4.79 Å². The molecule has 0 radical (unpaired) electrons. The van der Waals surface area contributed by atoms with E-state index in [0.717, 1.165) is 40.0 Å². The van der Waals surface area contributed by atoms with E-state index in [0.29, 0.717) is 11.1 Å². The van der Waals surface area contributed by atoms with Crippen molar-refractivity contribution < 1.29 is 24.3 Å². The summed E-state index contributed by atoms with van der Waals surface area (Å²) in [5, 5.41) is 12.8. The molecule has 0 fully saturated rings. The Morgan fingerprint density at radius 3 is 1.89 bits per heavy atom. The van der Waals surface area contributed by atoms with Crippen molar-refractivity contribution in [1.29, 1.82) is 0 Å². The number of carboxylic acids is 1. The first-order valence-electron chi connectivity index (χ1n) is 11.9. The highest BCUT2D eigenvalue weighted by molar-refractivity contribution is 8.30. The van der Waals surface area contributed by atoms with Crippen molar-refractivity contribution in [2.75, 3.05) is 0 Å². The maximum Gasteiger partial charge on any atom is 0.326 e. The van der Waals surface area contributed by atoms with Crippen LogP contribution in [0.1, 0.15) is 33.2 Å². The van der Waals surface area contributed by atoms with E-state index in [1.165, 1.54) is 0 Å². The van der Waals surface area contributed by atoms with Gasteiger partial charge in [-0.2, -0.15) is 0 Å². The van der Waals surface area contributed by atoms with Gasteiger partial charge in [0.25, 0.3) is 0 Å². The van der Waals surface area contributed by atoms with Gasteiger partial charge in [0.15, 0.2) is 0 Å². The highest BCUT2D eigenvalue weighted by Crippen LogP contribution is 2.35. The molecule has 0 aliphatic heterocycles. The van der Waals surface area contributed by atoms with Crippen LogP contribution < -0.4 is 5.32 Å². The molecule has 0 spiro atoms. The van der Waals surface area contributed by atoms with Crippen LogP contribution in [0.25, 0.3) is 10.9 Å². The molecule has 0 bridgehead atoms. The van der Waals surface area contributed by atoms with Gasteiger partial charge in [-0.3, -0.25) is 14.4 Å². The number of carbonyl (C=O) groups excluding carboxylic acids is 3. The molecule has 2 atom stereocenters. The zero-order chi connectivity index (χ0) is 27.1. The van der Waals surface area contributed by atoms with Gasteiger partial charge in [0.1, 0.15) is 6.04 Å². The molecule has 3 aromatic carbocycles. The van der Waals surface area contributed by atoms with Gasteiger partial charge >= 0.3 is 5.97 Å². The minimum absolute atomic E-state index is 0.0780. The van der Waals surface area contributed by atoms with Crippen molar-refractivity contribution in [1.82, 2.24) is 10.3 Å². The quantitative estimate of drug-likeness (QED) is 0.228. The highest BCUT2D eigenvalue weighted by atomic mass is 32.2. The van der Waals surface area contributed by atoms with E-state index in [1.54, 1.807) is 73.8 Å². The van der Waals surface area contributed by atoms with Gasteiger partial charge in [-0.1, -0.05) is 109 Å². The molecule has 3 N–H and O–H groups in total. The van der Waals surface area contributed by atoms with Crippen LogP contribution in [-0.2, 0) is 16.0 Å². The minimum Gasteiger partial charge on any atom is -0.480 e. The molecule has 4 aromatic rings. The summed E-state index contributed by atoms with van der Waals surface area (Å²) in [4.78, 5) is 54.4. The number of fused-ring (bicyclic) bond motifs is 1. The third-order valence-electron chi connectivity index (χ3n) is 6.00. The molecule has 1 unspecified atom stereocenters. The van der Waals surface area contributed by atoms with Crippen molar-refractivity contribution in [2.24, 2.45) is 5.92 Å². The number of thioether (sulfide) groups is 2. The fourth-order valence-electron chi connectivity index (χ4n) is 3.87. The molecule has 1 amide bonds. The van der Waals surface area contributed by atoms with Crippen molar-refractivity contribution in [3.05, 3.63) is 108 Å². The van der Waals surface area contributed by atoms with Crippen LogP contribution in [0.4, 0.5) is 0 Å². The van der Waals surface area contributed by atoms with E-state index >= 15 is 0 Å². The average Bonchev–Trinajstić information content (AvgIpc) is 3.35. The number of carboxylic acid groups (broad SMARTS) is 1. The first-order valence-corrected chi connectivity index (χ1v) is 13.7. The van der Waals surface area contributed by atoms with E-state index in [-0.39, 0.29) is 16.7 Å². The number of aliphatic carboxylic acids is 1. The first kappa shape index (κ1) is 27.2. The third-order valence-corrected chi connectivity index (χ3v) is 8.76. The van der Waals surface area contributed by atoms with Gasteiger partial charge in [-0.05, 0) is 11.6 Å². The number of H-pyrrole nitrogens is 1. The van der Waals surface area contributed by atoms with Crippen molar-refractivity contribution in [3.63, 3.8) is 0 Å². The highest BCUT2D eigenvalue weighted by Gasteiger charge is 2.33. The lowest BCUT2D eigenvalue weighted by Gasteiger charge is -2.23. The van der Waals surface area contributed by atoms with Crippen LogP contribution in [-0.4, -0.2) is 42.8 Å². The number of nitrogens with one attached hydrogen (secondary N) is 2. The second-order valence-corrected chi connectivity index (χ2v) is 11.2. The number of amides is 1. The van der Waals surface area contributed by atoms with Crippen LogP contribution in [0.3, 0.4) is 0 Å². The summed E-state index contributed by atoms with van der Waals surface area (Å²) < 4.78 is -0.780. The Labute approximate surface area is 228 Å².